The lowest BCUT2D eigenvalue weighted by Gasteiger charge is -2.08. The van der Waals surface area contributed by atoms with Crippen molar-refractivity contribution >= 4 is 21.2 Å². The van der Waals surface area contributed by atoms with Crippen LogP contribution in [0.1, 0.15) is 17.0 Å². The summed E-state index contributed by atoms with van der Waals surface area (Å²) in [5.41, 5.74) is 3.07. The highest BCUT2D eigenvalue weighted by atomic mass is 32.2. The molecule has 0 amide bonds. The van der Waals surface area contributed by atoms with E-state index in [1.54, 1.807) is 31.2 Å². The van der Waals surface area contributed by atoms with E-state index in [0.29, 0.717) is 17.0 Å². The fourth-order valence-electron chi connectivity index (χ4n) is 2.12. The zero-order chi connectivity index (χ0) is 15.9. The SMILES string of the molecule is Cc1nc2ccc(OS(=O)(=O)c3ccc(C)c(C)c3)cc2o1. The van der Waals surface area contributed by atoms with E-state index >= 15 is 0 Å². The van der Waals surface area contributed by atoms with E-state index in [1.165, 1.54) is 12.1 Å². The molecule has 114 valence electrons. The molecule has 1 heterocycles. The minimum absolute atomic E-state index is 0.129. The number of hydrogen-bond donors (Lipinski definition) is 0. The Bertz CT molecular complexity index is 957. The fraction of sp³-hybridized carbons (Fsp3) is 0.188. The Labute approximate surface area is 128 Å². The Balaban J connectivity index is 1.96. The molecule has 6 heteroatoms. The van der Waals surface area contributed by atoms with Crippen LogP contribution in [-0.2, 0) is 10.1 Å². The minimum atomic E-state index is -3.88. The lowest BCUT2D eigenvalue weighted by molar-refractivity contribution is 0.485. The fourth-order valence-corrected chi connectivity index (χ4v) is 3.13. The van der Waals surface area contributed by atoms with Gasteiger partial charge in [-0.2, -0.15) is 8.42 Å². The number of fused-ring (bicyclic) bond motifs is 1. The van der Waals surface area contributed by atoms with Crippen molar-refractivity contribution in [2.45, 2.75) is 25.7 Å². The Morgan fingerprint density at radius 2 is 1.77 bits per heavy atom. The maximum absolute atomic E-state index is 12.3. The molecule has 0 bridgehead atoms. The minimum Gasteiger partial charge on any atom is -0.441 e. The molecule has 0 unspecified atom stereocenters. The molecule has 2 aromatic carbocycles. The van der Waals surface area contributed by atoms with Crippen LogP contribution in [0.4, 0.5) is 0 Å². The summed E-state index contributed by atoms with van der Waals surface area (Å²) in [6.07, 6.45) is 0. The van der Waals surface area contributed by atoms with Gasteiger partial charge in [-0.25, -0.2) is 4.98 Å². The highest BCUT2D eigenvalue weighted by molar-refractivity contribution is 7.87. The van der Waals surface area contributed by atoms with Gasteiger partial charge in [-0.05, 0) is 49.2 Å². The highest BCUT2D eigenvalue weighted by Gasteiger charge is 2.18. The van der Waals surface area contributed by atoms with E-state index in [2.05, 4.69) is 4.98 Å². The summed E-state index contributed by atoms with van der Waals surface area (Å²) < 4.78 is 35.2. The topological polar surface area (TPSA) is 69.4 Å². The molecular formula is C16H15NO4S. The van der Waals surface area contributed by atoms with E-state index in [-0.39, 0.29) is 10.6 Å². The normalized spacial score (nSPS) is 11.8. The maximum atomic E-state index is 12.3. The summed E-state index contributed by atoms with van der Waals surface area (Å²) in [6, 6.07) is 9.64. The van der Waals surface area contributed by atoms with Crippen LogP contribution in [0.15, 0.2) is 45.7 Å². The van der Waals surface area contributed by atoms with Crippen LogP contribution < -0.4 is 4.18 Å². The third kappa shape index (κ3) is 2.69. The Hall–Kier alpha value is -2.34. The molecule has 0 fully saturated rings. The van der Waals surface area contributed by atoms with Gasteiger partial charge in [0.25, 0.3) is 0 Å². The predicted molar refractivity (Wildman–Crippen MR) is 82.5 cm³/mol. The van der Waals surface area contributed by atoms with Crippen LogP contribution in [-0.4, -0.2) is 13.4 Å². The number of hydrogen-bond acceptors (Lipinski definition) is 5. The average molecular weight is 317 g/mol. The van der Waals surface area contributed by atoms with Gasteiger partial charge in [0.1, 0.15) is 16.2 Å². The van der Waals surface area contributed by atoms with E-state index in [4.69, 9.17) is 8.60 Å². The second-order valence-corrected chi connectivity index (χ2v) is 6.69. The monoisotopic (exact) mass is 317 g/mol. The number of benzene rings is 2. The van der Waals surface area contributed by atoms with E-state index < -0.39 is 10.1 Å². The molecule has 0 N–H and O–H groups in total. The largest absolute Gasteiger partial charge is 0.441 e. The first kappa shape index (κ1) is 14.6. The van der Waals surface area contributed by atoms with Gasteiger partial charge in [-0.3, -0.25) is 0 Å². The molecule has 3 rings (SSSR count). The summed E-state index contributed by atoms with van der Waals surface area (Å²) in [5, 5.41) is 0. The molecule has 0 spiro atoms. The summed E-state index contributed by atoms with van der Waals surface area (Å²) in [4.78, 5) is 4.29. The average Bonchev–Trinajstić information content (AvgIpc) is 2.80. The lowest BCUT2D eigenvalue weighted by atomic mass is 10.1. The quantitative estimate of drug-likeness (QED) is 0.691. The number of nitrogens with zero attached hydrogens (tertiary/aromatic N) is 1. The van der Waals surface area contributed by atoms with E-state index in [0.717, 1.165) is 11.1 Å². The summed E-state index contributed by atoms with van der Waals surface area (Å²) >= 11 is 0. The van der Waals surface area contributed by atoms with Crippen molar-refractivity contribution < 1.29 is 17.0 Å². The van der Waals surface area contributed by atoms with Gasteiger partial charge in [0, 0.05) is 13.0 Å². The van der Waals surface area contributed by atoms with Gasteiger partial charge in [0.2, 0.25) is 0 Å². The van der Waals surface area contributed by atoms with Crippen LogP contribution in [0.3, 0.4) is 0 Å². The van der Waals surface area contributed by atoms with Crippen molar-refractivity contribution in [3.8, 4) is 5.75 Å². The van der Waals surface area contributed by atoms with Gasteiger partial charge in [0.05, 0.1) is 0 Å². The van der Waals surface area contributed by atoms with Crippen molar-refractivity contribution in [2.24, 2.45) is 0 Å². The Morgan fingerprint density at radius 1 is 1.00 bits per heavy atom. The molecule has 0 aliphatic carbocycles. The first-order chi connectivity index (χ1) is 10.3. The summed E-state index contributed by atoms with van der Waals surface area (Å²) in [6.45, 7) is 5.51. The summed E-state index contributed by atoms with van der Waals surface area (Å²) in [5.74, 6) is 0.714. The number of rotatable bonds is 3. The van der Waals surface area contributed by atoms with Gasteiger partial charge in [-0.15, -0.1) is 0 Å². The molecule has 0 saturated heterocycles. The van der Waals surface area contributed by atoms with Crippen LogP contribution in [0.2, 0.25) is 0 Å². The van der Waals surface area contributed by atoms with Crippen molar-refractivity contribution in [3.05, 3.63) is 53.4 Å². The second kappa shape index (κ2) is 5.14. The zero-order valence-corrected chi connectivity index (χ0v) is 13.3. The third-order valence-electron chi connectivity index (χ3n) is 3.44. The third-order valence-corrected chi connectivity index (χ3v) is 4.68. The molecule has 5 nitrogen and oxygen atoms in total. The van der Waals surface area contributed by atoms with Crippen LogP contribution >= 0.6 is 0 Å². The van der Waals surface area contributed by atoms with Crippen molar-refractivity contribution in [3.63, 3.8) is 0 Å². The molecule has 0 atom stereocenters. The first-order valence-corrected chi connectivity index (χ1v) is 8.15. The van der Waals surface area contributed by atoms with Crippen molar-refractivity contribution in [1.29, 1.82) is 0 Å². The molecule has 0 radical (unpaired) electrons. The van der Waals surface area contributed by atoms with E-state index in [1.807, 2.05) is 13.8 Å². The Kier molecular flexibility index (Phi) is 3.41. The lowest BCUT2D eigenvalue weighted by Crippen LogP contribution is -2.10. The van der Waals surface area contributed by atoms with Gasteiger partial charge in [-0.1, -0.05) is 6.07 Å². The molecule has 0 aliphatic heterocycles. The van der Waals surface area contributed by atoms with Gasteiger partial charge >= 0.3 is 10.1 Å². The van der Waals surface area contributed by atoms with E-state index in [9.17, 15) is 8.42 Å². The molecule has 3 aromatic rings. The van der Waals surface area contributed by atoms with Crippen LogP contribution in [0.25, 0.3) is 11.1 Å². The molecule has 0 saturated carbocycles. The standard InChI is InChI=1S/C16H15NO4S/c1-10-4-6-14(8-11(10)2)22(18,19)21-13-5-7-15-16(9-13)20-12(3)17-15/h4-9H,1-3H3. The van der Waals surface area contributed by atoms with Crippen LogP contribution in [0, 0.1) is 20.8 Å². The second-order valence-electron chi connectivity index (χ2n) is 5.15. The zero-order valence-electron chi connectivity index (χ0n) is 12.5. The molecule has 1 aromatic heterocycles. The van der Waals surface area contributed by atoms with Crippen LogP contribution in [0.5, 0.6) is 5.75 Å². The maximum Gasteiger partial charge on any atom is 0.339 e. The number of aromatic nitrogens is 1. The molecular weight excluding hydrogens is 302 g/mol. The summed E-state index contributed by atoms with van der Waals surface area (Å²) in [7, 11) is -3.88. The van der Waals surface area contributed by atoms with Crippen molar-refractivity contribution in [2.75, 3.05) is 0 Å². The Morgan fingerprint density at radius 3 is 2.50 bits per heavy atom. The van der Waals surface area contributed by atoms with Gasteiger partial charge < -0.3 is 8.60 Å². The smallest absolute Gasteiger partial charge is 0.339 e. The van der Waals surface area contributed by atoms with Gasteiger partial charge in [0.15, 0.2) is 11.5 Å². The molecule has 0 aliphatic rings. The number of aryl methyl sites for hydroxylation is 3. The first-order valence-electron chi connectivity index (χ1n) is 6.74. The van der Waals surface area contributed by atoms with Crippen molar-refractivity contribution in [1.82, 2.24) is 4.98 Å². The highest BCUT2D eigenvalue weighted by Crippen LogP contribution is 2.25. The number of oxazole rings is 1. The molecule has 22 heavy (non-hydrogen) atoms. The predicted octanol–water partition coefficient (Wildman–Crippen LogP) is 3.52.